The fraction of sp³-hybridized carbons (Fsp3) is 0.154. The maximum Gasteiger partial charge on any atom is 0.341 e. The zero-order valence-electron chi connectivity index (χ0n) is 18.8. The average Bonchev–Trinajstić information content (AvgIpc) is 2.86. The van der Waals surface area contributed by atoms with Crippen molar-refractivity contribution in [2.45, 2.75) is 18.8 Å². The van der Waals surface area contributed by atoms with Crippen LogP contribution in [0.25, 0.3) is 5.70 Å². The summed E-state index contributed by atoms with van der Waals surface area (Å²) in [6, 6.07) is 22.7. The Hall–Kier alpha value is -4.11. The number of carbonyl (C=O) groups is 2. The fourth-order valence-corrected chi connectivity index (χ4v) is 4.70. The molecular weight excluding hydrogens is 464 g/mol. The molecule has 0 saturated heterocycles. The van der Waals surface area contributed by atoms with Gasteiger partial charge < -0.3 is 9.84 Å². The summed E-state index contributed by atoms with van der Waals surface area (Å²) in [4.78, 5) is 29.3. The van der Waals surface area contributed by atoms with Gasteiger partial charge in [0.05, 0.1) is 5.36 Å². The number of benzene rings is 3. The van der Waals surface area contributed by atoms with E-state index in [4.69, 9.17) is 19.9 Å². The molecule has 3 aromatic rings. The Morgan fingerprint density at radius 2 is 1.83 bits per heavy atom. The predicted octanol–water partition coefficient (Wildman–Crippen LogP) is 2.53. The summed E-state index contributed by atoms with van der Waals surface area (Å²) in [6.45, 7) is 1.55. The third kappa shape index (κ3) is 4.76. The number of amidine groups is 1. The molecular formula is C26H22N4O4S. The van der Waals surface area contributed by atoms with Crippen molar-refractivity contribution >= 4 is 34.5 Å². The number of thioether (sulfide) groups is 1. The minimum Gasteiger partial charge on any atom is -0.481 e. The minimum absolute atomic E-state index is 0.275. The van der Waals surface area contributed by atoms with Crippen LogP contribution in [0, 0.1) is 6.92 Å². The second-order valence-electron chi connectivity index (χ2n) is 8.07. The Balaban J connectivity index is 1.55. The molecule has 5 rings (SSSR count). The smallest absolute Gasteiger partial charge is 0.341 e. The van der Waals surface area contributed by atoms with Gasteiger partial charge in [-0.15, -0.1) is 5.10 Å². The van der Waals surface area contributed by atoms with Gasteiger partial charge in [0.2, 0.25) is 0 Å². The Kier molecular flexibility index (Phi) is 6.24. The molecule has 1 amide bonds. The Morgan fingerprint density at radius 3 is 2.63 bits per heavy atom. The van der Waals surface area contributed by atoms with Gasteiger partial charge in [-0.2, -0.15) is 0 Å². The predicted molar refractivity (Wildman–Crippen MR) is 133 cm³/mol. The van der Waals surface area contributed by atoms with Gasteiger partial charge in [0, 0.05) is 16.5 Å². The topological polar surface area (TPSA) is 104 Å². The molecule has 0 saturated carbocycles. The number of nitrogens with one attached hydrogen (secondary N) is 1. The number of para-hydroxylation sites is 2. The number of hydrogen-bond donors (Lipinski definition) is 2. The van der Waals surface area contributed by atoms with Gasteiger partial charge in [-0.3, -0.25) is 15.1 Å². The number of fused-ring (bicyclic) bond motifs is 2. The number of carboxylic acid groups (broad SMARTS) is 1. The maximum absolute atomic E-state index is 13.3. The van der Waals surface area contributed by atoms with Crippen LogP contribution in [0.4, 0.5) is 0 Å². The Morgan fingerprint density at radius 1 is 1.09 bits per heavy atom. The number of nitrogens with zero attached hydrogens (tertiary/aromatic N) is 3. The molecule has 1 unspecified atom stereocenters. The SMILES string of the molecule is Cc1ccc(CSC2=NN3C(=c4ccccc4=NC3c3ccccc3OCC(=O)O)C(=O)N2)cc1. The average molecular weight is 487 g/mol. The lowest BCUT2D eigenvalue weighted by molar-refractivity contribution is -0.139. The highest BCUT2D eigenvalue weighted by molar-refractivity contribution is 8.13. The molecule has 0 aliphatic carbocycles. The normalized spacial score (nSPS) is 16.4. The summed E-state index contributed by atoms with van der Waals surface area (Å²) in [5.41, 5.74) is 3.29. The number of aryl methyl sites for hydroxylation is 1. The Labute approximate surface area is 205 Å². The van der Waals surface area contributed by atoms with E-state index in [1.54, 1.807) is 23.2 Å². The molecule has 8 nitrogen and oxygen atoms in total. The lowest BCUT2D eigenvalue weighted by atomic mass is 10.1. The van der Waals surface area contributed by atoms with Crippen molar-refractivity contribution in [2.75, 3.05) is 6.61 Å². The van der Waals surface area contributed by atoms with Crippen molar-refractivity contribution in [1.82, 2.24) is 10.3 Å². The third-order valence-electron chi connectivity index (χ3n) is 5.56. The van der Waals surface area contributed by atoms with Gasteiger partial charge in [-0.05, 0) is 24.6 Å². The molecule has 0 spiro atoms. The van der Waals surface area contributed by atoms with Gasteiger partial charge in [-0.1, -0.05) is 78.0 Å². The first kappa shape index (κ1) is 22.7. The van der Waals surface area contributed by atoms with E-state index >= 15 is 0 Å². The second kappa shape index (κ2) is 9.63. The van der Waals surface area contributed by atoms with E-state index < -0.39 is 18.7 Å². The van der Waals surface area contributed by atoms with Crippen LogP contribution in [0.2, 0.25) is 0 Å². The van der Waals surface area contributed by atoms with Crippen LogP contribution in [-0.4, -0.2) is 33.8 Å². The van der Waals surface area contributed by atoms with Crippen molar-refractivity contribution in [3.05, 3.63) is 100 Å². The van der Waals surface area contributed by atoms with Crippen LogP contribution in [0.1, 0.15) is 22.9 Å². The van der Waals surface area contributed by atoms with E-state index in [1.165, 1.54) is 17.3 Å². The lowest BCUT2D eigenvalue weighted by Gasteiger charge is -2.34. The quantitative estimate of drug-likeness (QED) is 0.555. The van der Waals surface area contributed by atoms with E-state index in [0.717, 1.165) is 5.56 Å². The number of carbonyl (C=O) groups excluding carboxylic acids is 1. The molecule has 176 valence electrons. The third-order valence-corrected chi connectivity index (χ3v) is 6.49. The first-order chi connectivity index (χ1) is 17.0. The molecule has 0 fully saturated rings. The molecule has 9 heteroatoms. The first-order valence-electron chi connectivity index (χ1n) is 11.0. The lowest BCUT2D eigenvalue weighted by Crippen LogP contribution is -2.50. The zero-order valence-corrected chi connectivity index (χ0v) is 19.7. The van der Waals surface area contributed by atoms with E-state index in [-0.39, 0.29) is 5.91 Å². The number of hydrogen-bond acceptors (Lipinski definition) is 7. The van der Waals surface area contributed by atoms with Crippen molar-refractivity contribution < 1.29 is 19.4 Å². The van der Waals surface area contributed by atoms with Crippen LogP contribution in [-0.2, 0) is 15.3 Å². The molecule has 2 aliphatic heterocycles. The van der Waals surface area contributed by atoms with E-state index in [9.17, 15) is 9.59 Å². The van der Waals surface area contributed by atoms with Crippen molar-refractivity contribution in [2.24, 2.45) is 10.1 Å². The Bertz CT molecular complexity index is 1450. The van der Waals surface area contributed by atoms with Crippen LogP contribution in [0.3, 0.4) is 0 Å². The fourth-order valence-electron chi connectivity index (χ4n) is 3.90. The van der Waals surface area contributed by atoms with E-state index in [2.05, 4.69) is 17.4 Å². The van der Waals surface area contributed by atoms with Crippen molar-refractivity contribution in [1.29, 1.82) is 0 Å². The summed E-state index contributed by atoms with van der Waals surface area (Å²) in [6.07, 6.45) is -0.703. The van der Waals surface area contributed by atoms with Gasteiger partial charge in [0.15, 0.2) is 17.9 Å². The second-order valence-corrected chi connectivity index (χ2v) is 9.03. The molecule has 2 aliphatic rings. The summed E-state index contributed by atoms with van der Waals surface area (Å²) >= 11 is 1.43. The zero-order chi connectivity index (χ0) is 24.4. The van der Waals surface area contributed by atoms with Gasteiger partial charge in [0.25, 0.3) is 5.91 Å². The van der Waals surface area contributed by atoms with Crippen LogP contribution < -0.4 is 20.6 Å². The van der Waals surface area contributed by atoms with Gasteiger partial charge >= 0.3 is 5.97 Å². The monoisotopic (exact) mass is 486 g/mol. The number of rotatable bonds is 6. The van der Waals surface area contributed by atoms with Gasteiger partial charge in [-0.25, -0.2) is 9.80 Å². The van der Waals surface area contributed by atoms with Crippen molar-refractivity contribution in [3.63, 3.8) is 0 Å². The number of aliphatic carboxylic acids is 1. The molecule has 3 aromatic carbocycles. The largest absolute Gasteiger partial charge is 0.481 e. The summed E-state index contributed by atoms with van der Waals surface area (Å²) < 4.78 is 5.54. The summed E-state index contributed by atoms with van der Waals surface area (Å²) in [5, 5.41) is 20.1. The number of amides is 1. The van der Waals surface area contributed by atoms with E-state index in [0.29, 0.717) is 38.5 Å². The number of hydrazone groups is 1. The highest BCUT2D eigenvalue weighted by atomic mass is 32.2. The number of carboxylic acids is 1. The van der Waals surface area contributed by atoms with Crippen LogP contribution in [0.15, 0.2) is 82.9 Å². The van der Waals surface area contributed by atoms with Crippen molar-refractivity contribution in [3.8, 4) is 5.75 Å². The molecule has 2 N–H and O–H groups in total. The summed E-state index contributed by atoms with van der Waals surface area (Å²) in [7, 11) is 0. The molecule has 2 heterocycles. The summed E-state index contributed by atoms with van der Waals surface area (Å²) in [5.74, 6) is -0.345. The molecule has 1 atom stereocenters. The molecule has 35 heavy (non-hydrogen) atoms. The number of ether oxygens (including phenoxy) is 1. The maximum atomic E-state index is 13.3. The highest BCUT2D eigenvalue weighted by Gasteiger charge is 2.35. The van der Waals surface area contributed by atoms with Crippen LogP contribution >= 0.6 is 11.8 Å². The van der Waals surface area contributed by atoms with Crippen LogP contribution in [0.5, 0.6) is 5.75 Å². The standard InChI is InChI=1S/C26H22N4O4S/c1-16-10-12-17(13-11-16)15-35-26-28-25(33)23-18-6-2-4-8-20(18)27-24(30(23)29-26)19-7-3-5-9-21(19)34-14-22(31)32/h2-13,24H,14-15H2,1H3,(H,31,32)(H,28,29,33). The highest BCUT2D eigenvalue weighted by Crippen LogP contribution is 2.35. The minimum atomic E-state index is -1.08. The molecule has 0 aromatic heterocycles. The molecule has 0 bridgehead atoms. The first-order valence-corrected chi connectivity index (χ1v) is 12.0. The van der Waals surface area contributed by atoms with Gasteiger partial charge in [0.1, 0.15) is 11.4 Å². The molecule has 0 radical (unpaired) electrons. The van der Waals surface area contributed by atoms with E-state index in [1.807, 2.05) is 49.4 Å².